The molecule has 1 aliphatic rings. The van der Waals surface area contributed by atoms with Gasteiger partial charge in [0.2, 0.25) is 5.91 Å². The fourth-order valence-corrected chi connectivity index (χ4v) is 4.01. The van der Waals surface area contributed by atoms with E-state index in [1.54, 1.807) is 4.90 Å². The summed E-state index contributed by atoms with van der Waals surface area (Å²) in [6.07, 6.45) is 2.31. The number of nitrogens with zero attached hydrogens (tertiary/aromatic N) is 4. The highest BCUT2D eigenvalue weighted by molar-refractivity contribution is 8.00. The second-order valence-electron chi connectivity index (χ2n) is 6.78. The number of hydrogen-bond acceptors (Lipinski definition) is 4. The molecule has 1 aliphatic carbocycles. The van der Waals surface area contributed by atoms with Gasteiger partial charge in [0.15, 0.2) is 5.16 Å². The highest BCUT2D eigenvalue weighted by Gasteiger charge is 2.32. The number of hydrogen-bond donors (Lipinski definition) is 0. The smallest absolute Gasteiger partial charge is 0.240 e. The van der Waals surface area contributed by atoms with E-state index in [1.807, 2.05) is 62.5 Å². The molecule has 1 aromatic heterocycles. The molecule has 0 N–H and O–H groups in total. The first-order valence-corrected chi connectivity index (χ1v) is 10.0. The predicted octanol–water partition coefficient (Wildman–Crippen LogP) is 4.29. The lowest BCUT2D eigenvalue weighted by molar-refractivity contribution is -0.117. The Bertz CT molecular complexity index is 922. The molecule has 2 aromatic carbocycles. The van der Waals surface area contributed by atoms with Crippen LogP contribution >= 0.6 is 11.8 Å². The Labute approximate surface area is 163 Å². The highest BCUT2D eigenvalue weighted by Crippen LogP contribution is 2.41. The van der Waals surface area contributed by atoms with E-state index in [1.165, 1.54) is 11.8 Å². The van der Waals surface area contributed by atoms with Crippen molar-refractivity contribution in [1.82, 2.24) is 14.8 Å². The molecule has 0 bridgehead atoms. The normalized spacial score (nSPS) is 14.7. The van der Waals surface area contributed by atoms with Crippen LogP contribution in [0, 0.1) is 0 Å². The van der Waals surface area contributed by atoms with Gasteiger partial charge in [-0.1, -0.05) is 48.2 Å². The van der Waals surface area contributed by atoms with Crippen LogP contribution in [0.3, 0.4) is 0 Å². The second kappa shape index (κ2) is 7.56. The van der Waals surface area contributed by atoms with Crippen LogP contribution in [0.2, 0.25) is 0 Å². The minimum absolute atomic E-state index is 0.0433. The Balaban J connectivity index is 1.58. The molecule has 138 valence electrons. The molecule has 6 heteroatoms. The molecule has 0 radical (unpaired) electrons. The SMILES string of the molecule is C[C@H](Sc1nnc(C2CC2)n1-c1ccccc1)C(=O)N(C)c1ccccc1. The summed E-state index contributed by atoms with van der Waals surface area (Å²) in [7, 11) is 1.81. The zero-order chi connectivity index (χ0) is 18.8. The number of rotatable bonds is 6. The zero-order valence-corrected chi connectivity index (χ0v) is 16.3. The van der Waals surface area contributed by atoms with Crippen LogP contribution in [0.25, 0.3) is 5.69 Å². The summed E-state index contributed by atoms with van der Waals surface area (Å²) >= 11 is 1.46. The van der Waals surface area contributed by atoms with Crippen LogP contribution in [0.4, 0.5) is 5.69 Å². The fraction of sp³-hybridized carbons (Fsp3) is 0.286. The molecule has 27 heavy (non-hydrogen) atoms. The van der Waals surface area contributed by atoms with Gasteiger partial charge in [-0.2, -0.15) is 0 Å². The third-order valence-electron chi connectivity index (χ3n) is 4.72. The van der Waals surface area contributed by atoms with E-state index in [-0.39, 0.29) is 11.2 Å². The first-order chi connectivity index (χ1) is 13.1. The minimum atomic E-state index is -0.270. The molecule has 0 unspecified atom stereocenters. The first-order valence-electron chi connectivity index (χ1n) is 9.15. The average Bonchev–Trinajstić information content (AvgIpc) is 3.48. The number of anilines is 1. The zero-order valence-electron chi connectivity index (χ0n) is 15.4. The number of carbonyl (C=O) groups excluding carboxylic acids is 1. The molecule has 1 amide bonds. The Morgan fingerprint density at radius 3 is 2.33 bits per heavy atom. The van der Waals surface area contributed by atoms with Gasteiger partial charge >= 0.3 is 0 Å². The van der Waals surface area contributed by atoms with E-state index >= 15 is 0 Å². The maximum Gasteiger partial charge on any atom is 0.240 e. The molecule has 5 nitrogen and oxygen atoms in total. The van der Waals surface area contributed by atoms with Crippen molar-refractivity contribution in [2.75, 3.05) is 11.9 Å². The van der Waals surface area contributed by atoms with Crippen molar-refractivity contribution in [3.8, 4) is 5.69 Å². The fourth-order valence-electron chi connectivity index (χ4n) is 3.04. The van der Waals surface area contributed by atoms with Gasteiger partial charge in [0.05, 0.1) is 5.25 Å². The first kappa shape index (κ1) is 17.8. The lowest BCUT2D eigenvalue weighted by atomic mass is 10.3. The van der Waals surface area contributed by atoms with Gasteiger partial charge in [-0.15, -0.1) is 10.2 Å². The van der Waals surface area contributed by atoms with Crippen molar-refractivity contribution in [3.63, 3.8) is 0 Å². The predicted molar refractivity (Wildman–Crippen MR) is 109 cm³/mol. The van der Waals surface area contributed by atoms with Gasteiger partial charge in [0, 0.05) is 24.3 Å². The van der Waals surface area contributed by atoms with E-state index in [0.29, 0.717) is 5.92 Å². The Morgan fingerprint density at radius 1 is 1.07 bits per heavy atom. The van der Waals surface area contributed by atoms with Crippen LogP contribution < -0.4 is 4.90 Å². The van der Waals surface area contributed by atoms with E-state index in [4.69, 9.17) is 0 Å². The maximum absolute atomic E-state index is 12.9. The van der Waals surface area contributed by atoms with Gasteiger partial charge in [-0.05, 0) is 44.0 Å². The van der Waals surface area contributed by atoms with E-state index in [2.05, 4.69) is 26.9 Å². The number of aromatic nitrogens is 3. The summed E-state index contributed by atoms with van der Waals surface area (Å²) in [6, 6.07) is 19.8. The third kappa shape index (κ3) is 3.76. The van der Waals surface area contributed by atoms with Crippen LogP contribution in [-0.4, -0.2) is 33.0 Å². The Kier molecular flexibility index (Phi) is 4.99. The summed E-state index contributed by atoms with van der Waals surface area (Å²) in [4.78, 5) is 14.6. The van der Waals surface area contributed by atoms with Crippen LogP contribution in [0.5, 0.6) is 0 Å². The molecule has 0 spiro atoms. The number of benzene rings is 2. The highest BCUT2D eigenvalue weighted by atomic mass is 32.2. The Hall–Kier alpha value is -2.60. The minimum Gasteiger partial charge on any atom is -0.315 e. The lowest BCUT2D eigenvalue weighted by Crippen LogP contribution is -2.33. The molecule has 0 aliphatic heterocycles. The van der Waals surface area contributed by atoms with E-state index < -0.39 is 0 Å². The summed E-state index contributed by atoms with van der Waals surface area (Å²) in [5.74, 6) is 1.52. The molecular formula is C21H22N4OS. The molecule has 1 fully saturated rings. The lowest BCUT2D eigenvalue weighted by Gasteiger charge is -2.21. The number of carbonyl (C=O) groups is 1. The summed E-state index contributed by atoms with van der Waals surface area (Å²) < 4.78 is 2.11. The summed E-state index contributed by atoms with van der Waals surface area (Å²) in [5.41, 5.74) is 1.93. The molecule has 1 heterocycles. The second-order valence-corrected chi connectivity index (χ2v) is 8.09. The molecule has 0 saturated heterocycles. The van der Waals surface area contributed by atoms with Crippen molar-refractivity contribution in [2.24, 2.45) is 0 Å². The van der Waals surface area contributed by atoms with Crippen LogP contribution in [0.1, 0.15) is 31.5 Å². The van der Waals surface area contributed by atoms with E-state index in [9.17, 15) is 4.79 Å². The summed E-state index contributed by atoms with van der Waals surface area (Å²) in [6.45, 7) is 1.92. The van der Waals surface area contributed by atoms with Crippen molar-refractivity contribution >= 4 is 23.4 Å². The van der Waals surface area contributed by atoms with Crippen LogP contribution in [0.15, 0.2) is 65.8 Å². The van der Waals surface area contributed by atoms with Crippen molar-refractivity contribution < 1.29 is 4.79 Å². The van der Waals surface area contributed by atoms with Gasteiger partial charge in [-0.25, -0.2) is 0 Å². The molecule has 3 aromatic rings. The Morgan fingerprint density at radius 2 is 1.70 bits per heavy atom. The molecule has 1 saturated carbocycles. The number of amides is 1. The average molecular weight is 379 g/mol. The van der Waals surface area contributed by atoms with Crippen molar-refractivity contribution in [3.05, 3.63) is 66.5 Å². The van der Waals surface area contributed by atoms with Gasteiger partial charge < -0.3 is 4.90 Å². The standard InChI is InChI=1S/C21H22N4OS/c1-15(20(26)24(2)17-9-5-3-6-10-17)27-21-23-22-19(16-13-14-16)25(21)18-11-7-4-8-12-18/h3-12,15-16H,13-14H2,1-2H3/t15-/m0/s1. The summed E-state index contributed by atoms with van der Waals surface area (Å²) in [5, 5.41) is 9.35. The third-order valence-corrected chi connectivity index (χ3v) is 5.75. The monoisotopic (exact) mass is 378 g/mol. The van der Waals surface area contributed by atoms with Gasteiger partial charge in [0.1, 0.15) is 5.82 Å². The molecule has 1 atom stereocenters. The number of para-hydroxylation sites is 2. The van der Waals surface area contributed by atoms with Gasteiger partial charge in [-0.3, -0.25) is 9.36 Å². The van der Waals surface area contributed by atoms with Crippen LogP contribution in [-0.2, 0) is 4.79 Å². The number of thioether (sulfide) groups is 1. The molecular weight excluding hydrogens is 356 g/mol. The maximum atomic E-state index is 12.9. The molecule has 4 rings (SSSR count). The van der Waals surface area contributed by atoms with Gasteiger partial charge in [0.25, 0.3) is 0 Å². The van der Waals surface area contributed by atoms with Crippen molar-refractivity contribution in [1.29, 1.82) is 0 Å². The van der Waals surface area contributed by atoms with E-state index in [0.717, 1.165) is 35.2 Å². The topological polar surface area (TPSA) is 51.0 Å². The quantitative estimate of drug-likeness (QED) is 0.601. The largest absolute Gasteiger partial charge is 0.315 e. The van der Waals surface area contributed by atoms with Crippen molar-refractivity contribution in [2.45, 2.75) is 36.1 Å².